The first kappa shape index (κ1) is 22.7. The lowest BCUT2D eigenvalue weighted by atomic mass is 10.1. The molecule has 0 unspecified atom stereocenters. The summed E-state index contributed by atoms with van der Waals surface area (Å²) in [5.74, 6) is 0.225. The van der Waals surface area contributed by atoms with Crippen LogP contribution in [0.15, 0.2) is 71.0 Å². The molecule has 0 spiro atoms. The van der Waals surface area contributed by atoms with Gasteiger partial charge < -0.3 is 0 Å². The van der Waals surface area contributed by atoms with Gasteiger partial charge >= 0.3 is 0 Å². The van der Waals surface area contributed by atoms with Crippen molar-refractivity contribution in [1.29, 1.82) is 0 Å². The zero-order valence-electron chi connectivity index (χ0n) is 16.4. The van der Waals surface area contributed by atoms with Gasteiger partial charge in [-0.2, -0.15) is 0 Å². The fourth-order valence-electron chi connectivity index (χ4n) is 2.74. The van der Waals surface area contributed by atoms with Crippen LogP contribution >= 0.6 is 46.7 Å². The number of fused-ring (bicyclic) bond motifs is 1. The van der Waals surface area contributed by atoms with E-state index in [1.165, 1.54) is 23.5 Å². The van der Waals surface area contributed by atoms with Gasteiger partial charge in [0, 0.05) is 33.6 Å². The Kier molecular flexibility index (Phi) is 7.36. The number of benzene rings is 2. The molecule has 0 saturated carbocycles. The van der Waals surface area contributed by atoms with Crippen molar-refractivity contribution in [1.82, 2.24) is 20.2 Å². The molecular weight excluding hydrogens is 487 g/mol. The molecular formula is C22H14Cl2N4O2S2. The van der Waals surface area contributed by atoms with Crippen LogP contribution in [0.3, 0.4) is 0 Å². The van der Waals surface area contributed by atoms with Gasteiger partial charge in [0.1, 0.15) is 21.1 Å². The summed E-state index contributed by atoms with van der Waals surface area (Å²) in [6.45, 7) is 0. The normalized spacial score (nSPS) is 10.9. The van der Waals surface area contributed by atoms with E-state index in [4.69, 9.17) is 23.2 Å². The van der Waals surface area contributed by atoms with Crippen molar-refractivity contribution < 1.29 is 9.59 Å². The van der Waals surface area contributed by atoms with Gasteiger partial charge in [-0.05, 0) is 48.5 Å². The summed E-state index contributed by atoms with van der Waals surface area (Å²) in [6.07, 6.45) is 3.12. The molecule has 0 radical (unpaired) electrons. The van der Waals surface area contributed by atoms with Gasteiger partial charge in [0.15, 0.2) is 11.6 Å². The number of thioether (sulfide) groups is 2. The molecule has 32 heavy (non-hydrogen) atoms. The van der Waals surface area contributed by atoms with Gasteiger partial charge in [-0.1, -0.05) is 46.7 Å². The monoisotopic (exact) mass is 500 g/mol. The van der Waals surface area contributed by atoms with Gasteiger partial charge in [0.2, 0.25) is 0 Å². The van der Waals surface area contributed by atoms with Crippen LogP contribution in [0.25, 0.3) is 11.0 Å². The van der Waals surface area contributed by atoms with Crippen LogP contribution in [0.1, 0.15) is 20.7 Å². The second-order valence-electron chi connectivity index (χ2n) is 6.50. The molecule has 4 rings (SSSR count). The largest absolute Gasteiger partial charge is 0.293 e. The average molecular weight is 501 g/mol. The van der Waals surface area contributed by atoms with E-state index in [1.54, 1.807) is 60.9 Å². The van der Waals surface area contributed by atoms with Crippen molar-refractivity contribution in [3.63, 3.8) is 0 Å². The molecule has 160 valence electrons. The third-order valence-electron chi connectivity index (χ3n) is 4.35. The number of carbonyl (C=O) groups is 2. The average Bonchev–Trinajstić information content (AvgIpc) is 2.82. The van der Waals surface area contributed by atoms with E-state index in [-0.39, 0.29) is 23.1 Å². The summed E-state index contributed by atoms with van der Waals surface area (Å²) in [4.78, 5) is 33.7. The molecule has 0 aliphatic rings. The number of aromatic nitrogens is 4. The molecule has 10 heteroatoms. The molecule has 0 aliphatic heterocycles. The molecule has 0 fully saturated rings. The first-order valence-electron chi connectivity index (χ1n) is 9.32. The van der Waals surface area contributed by atoms with Gasteiger partial charge in [0.25, 0.3) is 0 Å². The maximum Gasteiger partial charge on any atom is 0.173 e. The Bertz CT molecular complexity index is 1190. The topological polar surface area (TPSA) is 85.7 Å². The zero-order chi connectivity index (χ0) is 22.5. The summed E-state index contributed by atoms with van der Waals surface area (Å²) in [5, 5.41) is 10.6. The van der Waals surface area contributed by atoms with E-state index >= 15 is 0 Å². The second-order valence-corrected chi connectivity index (χ2v) is 9.30. The molecule has 0 atom stereocenters. The lowest BCUT2D eigenvalue weighted by Gasteiger charge is -2.07. The fourth-order valence-corrected chi connectivity index (χ4v) is 4.63. The summed E-state index contributed by atoms with van der Waals surface area (Å²) in [5.41, 5.74) is 2.21. The van der Waals surface area contributed by atoms with E-state index in [0.717, 1.165) is 0 Å². The Morgan fingerprint density at radius 1 is 0.656 bits per heavy atom. The molecule has 0 N–H and O–H groups in total. The van der Waals surface area contributed by atoms with Crippen molar-refractivity contribution in [2.45, 2.75) is 10.1 Å². The molecule has 2 aromatic carbocycles. The van der Waals surface area contributed by atoms with Crippen LogP contribution in [0.4, 0.5) is 0 Å². The van der Waals surface area contributed by atoms with E-state index in [2.05, 4.69) is 20.2 Å². The van der Waals surface area contributed by atoms with Crippen molar-refractivity contribution >= 4 is 69.3 Å². The summed E-state index contributed by atoms with van der Waals surface area (Å²) >= 11 is 14.2. The minimum Gasteiger partial charge on any atom is -0.293 e. The maximum atomic E-state index is 12.5. The van der Waals surface area contributed by atoms with Crippen LogP contribution < -0.4 is 0 Å². The molecule has 0 aliphatic carbocycles. The van der Waals surface area contributed by atoms with Crippen LogP contribution in [-0.4, -0.2) is 43.2 Å². The zero-order valence-corrected chi connectivity index (χ0v) is 19.5. The third kappa shape index (κ3) is 5.45. The SMILES string of the molecule is O=C(CSc1nnc(SCC(=O)c2ccc(Cl)cc2)c2nccnc12)c1ccc(Cl)cc1. The van der Waals surface area contributed by atoms with Gasteiger partial charge in [0.05, 0.1) is 11.5 Å². The second kappa shape index (κ2) is 10.4. The van der Waals surface area contributed by atoms with Crippen LogP contribution in [0.2, 0.25) is 10.0 Å². The van der Waals surface area contributed by atoms with Gasteiger partial charge in [-0.3, -0.25) is 9.59 Å². The Balaban J connectivity index is 1.48. The van der Waals surface area contributed by atoms with Crippen molar-refractivity contribution in [3.8, 4) is 0 Å². The van der Waals surface area contributed by atoms with E-state index in [0.29, 0.717) is 42.3 Å². The number of halogens is 2. The Hall–Kier alpha value is -2.52. The Morgan fingerprint density at radius 2 is 1.03 bits per heavy atom. The summed E-state index contributed by atoms with van der Waals surface area (Å²) in [6, 6.07) is 13.5. The lowest BCUT2D eigenvalue weighted by molar-refractivity contribution is 0.101. The minimum atomic E-state index is -0.0579. The number of rotatable bonds is 8. The highest BCUT2D eigenvalue weighted by Gasteiger charge is 2.16. The lowest BCUT2D eigenvalue weighted by Crippen LogP contribution is -2.05. The van der Waals surface area contributed by atoms with Crippen LogP contribution in [0, 0.1) is 0 Å². The fraction of sp³-hybridized carbons (Fsp3) is 0.0909. The first-order valence-corrected chi connectivity index (χ1v) is 12.0. The number of hydrogen-bond donors (Lipinski definition) is 0. The Morgan fingerprint density at radius 3 is 1.41 bits per heavy atom. The quantitative estimate of drug-likeness (QED) is 0.225. The molecule has 0 saturated heterocycles. The smallest absolute Gasteiger partial charge is 0.173 e. The predicted molar refractivity (Wildman–Crippen MR) is 128 cm³/mol. The number of hydrogen-bond acceptors (Lipinski definition) is 8. The van der Waals surface area contributed by atoms with Gasteiger partial charge in [-0.15, -0.1) is 10.2 Å². The Labute approximate surface area is 202 Å². The van der Waals surface area contributed by atoms with E-state index in [9.17, 15) is 9.59 Å². The number of Topliss-reactive ketones (excluding diaryl/α,β-unsaturated/α-hetero) is 2. The van der Waals surface area contributed by atoms with Crippen molar-refractivity contribution in [3.05, 3.63) is 82.1 Å². The highest BCUT2D eigenvalue weighted by Crippen LogP contribution is 2.29. The predicted octanol–water partition coefficient (Wildman–Crippen LogP) is 5.68. The number of ketones is 2. The molecule has 4 aromatic rings. The standard InChI is InChI=1S/C22H14Cl2N4O2S2/c23-15-5-1-13(2-6-15)17(29)11-31-21-19-20(26-10-9-25-19)22(28-27-21)32-12-18(30)14-3-7-16(24)8-4-14/h1-10H,11-12H2. The van der Waals surface area contributed by atoms with Gasteiger partial charge in [-0.25, -0.2) is 9.97 Å². The van der Waals surface area contributed by atoms with Crippen molar-refractivity contribution in [2.75, 3.05) is 11.5 Å². The van der Waals surface area contributed by atoms with E-state index < -0.39 is 0 Å². The summed E-state index contributed by atoms with van der Waals surface area (Å²) < 4.78 is 0. The number of nitrogens with zero attached hydrogens (tertiary/aromatic N) is 4. The molecule has 6 nitrogen and oxygen atoms in total. The van der Waals surface area contributed by atoms with E-state index in [1.807, 2.05) is 0 Å². The van der Waals surface area contributed by atoms with Crippen LogP contribution in [-0.2, 0) is 0 Å². The summed E-state index contributed by atoms with van der Waals surface area (Å²) in [7, 11) is 0. The minimum absolute atomic E-state index is 0.0579. The third-order valence-corrected chi connectivity index (χ3v) is 6.76. The molecule has 2 aromatic heterocycles. The highest BCUT2D eigenvalue weighted by molar-refractivity contribution is 8.00. The number of carbonyl (C=O) groups excluding carboxylic acids is 2. The molecule has 0 amide bonds. The van der Waals surface area contributed by atoms with Crippen molar-refractivity contribution in [2.24, 2.45) is 0 Å². The molecule has 2 heterocycles. The maximum absolute atomic E-state index is 12.5. The highest BCUT2D eigenvalue weighted by atomic mass is 35.5. The first-order chi connectivity index (χ1) is 15.5. The van der Waals surface area contributed by atoms with Crippen LogP contribution in [0.5, 0.6) is 0 Å². The molecule has 0 bridgehead atoms.